The zero-order valence-corrected chi connectivity index (χ0v) is 8.66. The quantitative estimate of drug-likeness (QED) is 0.640. The third-order valence-electron chi connectivity index (χ3n) is 2.23. The van der Waals surface area contributed by atoms with Gasteiger partial charge >= 0.3 is 0 Å². The number of aliphatic hydroxyl groups is 1. The minimum Gasteiger partial charge on any atom is -0.389 e. The smallest absolute Gasteiger partial charge is 0.261 e. The van der Waals surface area contributed by atoms with Gasteiger partial charge in [-0.3, -0.25) is 4.90 Å². The van der Waals surface area contributed by atoms with E-state index in [-0.39, 0.29) is 6.61 Å². The van der Waals surface area contributed by atoms with E-state index >= 15 is 0 Å². The molecule has 0 aromatic rings. The molecule has 6 heteroatoms. The molecule has 90 valence electrons. The van der Waals surface area contributed by atoms with Gasteiger partial charge in [-0.05, 0) is 0 Å². The van der Waals surface area contributed by atoms with Gasteiger partial charge in [-0.1, -0.05) is 0 Å². The summed E-state index contributed by atoms with van der Waals surface area (Å²) in [4.78, 5) is 2.09. The molecule has 0 saturated carbocycles. The summed E-state index contributed by atoms with van der Waals surface area (Å²) < 4.78 is 28.1. The first-order chi connectivity index (χ1) is 7.18. The lowest BCUT2D eigenvalue weighted by molar-refractivity contribution is -0.0287. The number of aliphatic hydroxyl groups excluding tert-OH is 1. The van der Waals surface area contributed by atoms with Crippen LogP contribution in [0.5, 0.6) is 0 Å². The summed E-state index contributed by atoms with van der Waals surface area (Å²) in [6.07, 6.45) is -3.14. The van der Waals surface area contributed by atoms with Crippen LogP contribution in [0.25, 0.3) is 0 Å². The predicted octanol–water partition coefficient (Wildman–Crippen LogP) is -0.466. The van der Waals surface area contributed by atoms with E-state index < -0.39 is 19.1 Å². The first-order valence-corrected chi connectivity index (χ1v) is 5.15. The lowest BCUT2D eigenvalue weighted by Crippen LogP contribution is -2.47. The average molecular weight is 224 g/mol. The van der Waals surface area contributed by atoms with Gasteiger partial charge in [0.25, 0.3) is 6.43 Å². The van der Waals surface area contributed by atoms with Gasteiger partial charge in [0.1, 0.15) is 6.61 Å². The second-order valence-corrected chi connectivity index (χ2v) is 3.63. The Labute approximate surface area is 88.2 Å². The third-order valence-corrected chi connectivity index (χ3v) is 2.23. The van der Waals surface area contributed by atoms with Crippen molar-refractivity contribution in [2.45, 2.75) is 12.5 Å². The third kappa shape index (κ3) is 5.99. The number of nitrogens with one attached hydrogen (secondary N) is 1. The van der Waals surface area contributed by atoms with Crippen LogP contribution in [0.15, 0.2) is 0 Å². The van der Waals surface area contributed by atoms with Gasteiger partial charge in [-0.15, -0.1) is 0 Å². The van der Waals surface area contributed by atoms with Crippen molar-refractivity contribution in [3.63, 3.8) is 0 Å². The molecule has 1 unspecified atom stereocenters. The summed E-state index contributed by atoms with van der Waals surface area (Å²) in [6, 6.07) is 0. The van der Waals surface area contributed by atoms with Crippen LogP contribution in [-0.4, -0.2) is 68.5 Å². The normalized spacial score (nSPS) is 20.8. The molecule has 0 aromatic heterocycles. The van der Waals surface area contributed by atoms with E-state index in [0.717, 1.165) is 26.2 Å². The Morgan fingerprint density at radius 2 is 1.93 bits per heavy atom. The van der Waals surface area contributed by atoms with Crippen molar-refractivity contribution < 1.29 is 18.6 Å². The standard InChI is InChI=1S/C9H18F2N2O2/c10-9(11)7-15-6-8(14)5-13-3-1-12-2-4-13/h8-9,12,14H,1-7H2. The Bertz CT molecular complexity index is 166. The zero-order valence-electron chi connectivity index (χ0n) is 8.66. The Kier molecular flexibility index (Phi) is 6.00. The number of rotatable bonds is 6. The molecule has 4 nitrogen and oxygen atoms in total. The molecule has 1 aliphatic heterocycles. The van der Waals surface area contributed by atoms with Crippen molar-refractivity contribution in [2.24, 2.45) is 0 Å². The van der Waals surface area contributed by atoms with Gasteiger partial charge in [-0.2, -0.15) is 0 Å². The molecule has 1 fully saturated rings. The van der Waals surface area contributed by atoms with Crippen molar-refractivity contribution in [2.75, 3.05) is 45.9 Å². The van der Waals surface area contributed by atoms with Crippen LogP contribution in [0.2, 0.25) is 0 Å². The summed E-state index contributed by atoms with van der Waals surface area (Å²) >= 11 is 0. The van der Waals surface area contributed by atoms with E-state index in [9.17, 15) is 13.9 Å². The number of β-amino-alcohol motifs (C(OH)–C–C–N with tert-alkyl or cyclic N) is 1. The number of ether oxygens (including phenoxy) is 1. The Balaban J connectivity index is 2.03. The van der Waals surface area contributed by atoms with Gasteiger partial charge in [0, 0.05) is 32.7 Å². The molecule has 0 aliphatic carbocycles. The maximum atomic E-state index is 11.7. The highest BCUT2D eigenvalue weighted by Crippen LogP contribution is 1.98. The molecular formula is C9H18F2N2O2. The summed E-state index contributed by atoms with van der Waals surface area (Å²) in [5, 5.41) is 12.7. The zero-order chi connectivity index (χ0) is 11.1. The van der Waals surface area contributed by atoms with Crippen LogP contribution in [0.3, 0.4) is 0 Å². The molecule has 1 atom stereocenters. The van der Waals surface area contributed by atoms with Gasteiger partial charge in [0.15, 0.2) is 0 Å². The Morgan fingerprint density at radius 1 is 1.27 bits per heavy atom. The highest BCUT2D eigenvalue weighted by atomic mass is 19.3. The second-order valence-electron chi connectivity index (χ2n) is 3.63. The monoisotopic (exact) mass is 224 g/mol. The number of hydrogen-bond donors (Lipinski definition) is 2. The van der Waals surface area contributed by atoms with Gasteiger partial charge in [0.2, 0.25) is 0 Å². The topological polar surface area (TPSA) is 44.7 Å². The van der Waals surface area contributed by atoms with E-state index in [1.807, 2.05) is 0 Å². The number of alkyl halides is 2. The summed E-state index contributed by atoms with van der Waals surface area (Å²) in [6.45, 7) is 3.45. The molecule has 0 bridgehead atoms. The SMILES string of the molecule is OC(COCC(F)F)CN1CCNCC1. The summed E-state index contributed by atoms with van der Waals surface area (Å²) in [7, 11) is 0. The number of hydrogen-bond acceptors (Lipinski definition) is 4. The van der Waals surface area contributed by atoms with Gasteiger partial charge < -0.3 is 15.2 Å². The molecular weight excluding hydrogens is 206 g/mol. The molecule has 0 spiro atoms. The van der Waals surface area contributed by atoms with Crippen LogP contribution in [0, 0.1) is 0 Å². The first-order valence-electron chi connectivity index (χ1n) is 5.15. The summed E-state index contributed by atoms with van der Waals surface area (Å²) in [5.74, 6) is 0. The van der Waals surface area contributed by atoms with Gasteiger partial charge in [0.05, 0.1) is 12.7 Å². The minimum atomic E-state index is -2.46. The fraction of sp³-hybridized carbons (Fsp3) is 1.00. The van der Waals surface area contributed by atoms with E-state index in [4.69, 9.17) is 0 Å². The van der Waals surface area contributed by atoms with Crippen molar-refractivity contribution in [3.8, 4) is 0 Å². The lowest BCUT2D eigenvalue weighted by Gasteiger charge is -2.28. The predicted molar refractivity (Wildman–Crippen MR) is 52.1 cm³/mol. The lowest BCUT2D eigenvalue weighted by atomic mass is 10.3. The largest absolute Gasteiger partial charge is 0.389 e. The highest BCUT2D eigenvalue weighted by Gasteiger charge is 2.14. The van der Waals surface area contributed by atoms with E-state index in [1.54, 1.807) is 0 Å². The van der Waals surface area contributed by atoms with Crippen molar-refractivity contribution >= 4 is 0 Å². The fourth-order valence-corrected chi connectivity index (χ4v) is 1.54. The second kappa shape index (κ2) is 7.05. The molecule has 15 heavy (non-hydrogen) atoms. The van der Waals surface area contributed by atoms with E-state index in [0.29, 0.717) is 6.54 Å². The van der Waals surface area contributed by atoms with E-state index in [1.165, 1.54) is 0 Å². The molecule has 1 heterocycles. The van der Waals surface area contributed by atoms with Crippen molar-refractivity contribution in [3.05, 3.63) is 0 Å². The molecule has 1 saturated heterocycles. The highest BCUT2D eigenvalue weighted by molar-refractivity contribution is 4.70. The average Bonchev–Trinajstić information content (AvgIpc) is 2.18. The molecule has 2 N–H and O–H groups in total. The van der Waals surface area contributed by atoms with Crippen LogP contribution in [0.1, 0.15) is 0 Å². The van der Waals surface area contributed by atoms with Gasteiger partial charge in [-0.25, -0.2) is 8.78 Å². The number of halogens is 2. The van der Waals surface area contributed by atoms with Crippen molar-refractivity contribution in [1.29, 1.82) is 0 Å². The molecule has 1 aliphatic rings. The van der Waals surface area contributed by atoms with Crippen LogP contribution < -0.4 is 5.32 Å². The molecule has 0 amide bonds. The minimum absolute atomic E-state index is 0.0196. The van der Waals surface area contributed by atoms with Crippen molar-refractivity contribution in [1.82, 2.24) is 10.2 Å². The Hall–Kier alpha value is -0.300. The maximum Gasteiger partial charge on any atom is 0.261 e. The molecule has 1 rings (SSSR count). The van der Waals surface area contributed by atoms with Crippen LogP contribution in [-0.2, 0) is 4.74 Å². The van der Waals surface area contributed by atoms with E-state index in [2.05, 4.69) is 15.0 Å². The molecule has 0 aromatic carbocycles. The maximum absolute atomic E-state index is 11.7. The number of nitrogens with zero attached hydrogens (tertiary/aromatic N) is 1. The molecule has 0 radical (unpaired) electrons. The van der Waals surface area contributed by atoms with Crippen LogP contribution in [0.4, 0.5) is 8.78 Å². The summed E-state index contributed by atoms with van der Waals surface area (Å²) in [5.41, 5.74) is 0. The Morgan fingerprint density at radius 3 is 2.53 bits per heavy atom. The fourth-order valence-electron chi connectivity index (χ4n) is 1.54. The van der Waals surface area contributed by atoms with Crippen LogP contribution >= 0.6 is 0 Å². The number of piperazine rings is 1. The first kappa shape index (κ1) is 12.8.